The van der Waals surface area contributed by atoms with Crippen molar-refractivity contribution in [3.8, 4) is 0 Å². The number of carbonyl (C=O) groups excluding carboxylic acids is 1. The lowest BCUT2D eigenvalue weighted by Gasteiger charge is -2.44. The highest BCUT2D eigenvalue weighted by Gasteiger charge is 2.47. The van der Waals surface area contributed by atoms with Crippen molar-refractivity contribution in [3.05, 3.63) is 0 Å². The van der Waals surface area contributed by atoms with Crippen LogP contribution >= 0.6 is 0 Å². The van der Waals surface area contributed by atoms with E-state index in [1.807, 2.05) is 0 Å². The second-order valence-corrected chi connectivity index (χ2v) is 7.97. The van der Waals surface area contributed by atoms with E-state index in [4.69, 9.17) is 4.74 Å². The molecule has 0 aromatic heterocycles. The maximum atomic E-state index is 13.0. The van der Waals surface area contributed by atoms with Gasteiger partial charge in [-0.05, 0) is 56.8 Å². The third-order valence-corrected chi connectivity index (χ3v) is 6.76. The van der Waals surface area contributed by atoms with Crippen molar-refractivity contribution in [2.45, 2.75) is 76.2 Å². The summed E-state index contributed by atoms with van der Waals surface area (Å²) in [4.78, 5) is 13.0. The predicted octanol–water partition coefficient (Wildman–Crippen LogP) is 4.12. The van der Waals surface area contributed by atoms with Crippen LogP contribution in [0.3, 0.4) is 0 Å². The predicted molar refractivity (Wildman–Crippen MR) is 78.4 cm³/mol. The summed E-state index contributed by atoms with van der Waals surface area (Å²) in [5, 5.41) is 0. The SMILES string of the molecule is O=C(C1CCOC2(CCCCC2)C1)C1CC2CCC1C2. The van der Waals surface area contributed by atoms with Crippen LogP contribution < -0.4 is 0 Å². The van der Waals surface area contributed by atoms with Crippen molar-refractivity contribution in [1.82, 2.24) is 0 Å². The zero-order chi connectivity index (χ0) is 13.6. The molecular formula is C18H28O2. The Balaban J connectivity index is 1.44. The third kappa shape index (κ3) is 2.24. The number of fused-ring (bicyclic) bond motifs is 2. The van der Waals surface area contributed by atoms with Gasteiger partial charge in [-0.3, -0.25) is 4.79 Å². The molecule has 2 heteroatoms. The van der Waals surface area contributed by atoms with Crippen LogP contribution in [0.25, 0.3) is 0 Å². The average molecular weight is 276 g/mol. The Kier molecular flexibility index (Phi) is 3.41. The second-order valence-electron chi connectivity index (χ2n) is 7.97. The highest BCUT2D eigenvalue weighted by atomic mass is 16.5. The van der Waals surface area contributed by atoms with Crippen LogP contribution in [-0.2, 0) is 9.53 Å². The van der Waals surface area contributed by atoms with E-state index in [9.17, 15) is 4.79 Å². The second kappa shape index (κ2) is 5.12. The number of carbonyl (C=O) groups is 1. The van der Waals surface area contributed by atoms with Crippen molar-refractivity contribution < 1.29 is 9.53 Å². The third-order valence-electron chi connectivity index (χ3n) is 6.76. The van der Waals surface area contributed by atoms with Gasteiger partial charge >= 0.3 is 0 Å². The molecule has 4 rings (SSSR count). The maximum absolute atomic E-state index is 13.0. The summed E-state index contributed by atoms with van der Waals surface area (Å²) < 4.78 is 6.16. The first-order valence-electron chi connectivity index (χ1n) is 8.93. The van der Waals surface area contributed by atoms with Gasteiger partial charge in [-0.15, -0.1) is 0 Å². The molecule has 0 radical (unpaired) electrons. The summed E-state index contributed by atoms with van der Waals surface area (Å²) in [6.45, 7) is 0.831. The van der Waals surface area contributed by atoms with Gasteiger partial charge < -0.3 is 4.74 Å². The fraction of sp³-hybridized carbons (Fsp3) is 0.944. The van der Waals surface area contributed by atoms with Gasteiger partial charge in [0.2, 0.25) is 0 Å². The highest BCUT2D eigenvalue weighted by Crippen LogP contribution is 2.51. The van der Waals surface area contributed by atoms with Gasteiger partial charge in [-0.25, -0.2) is 0 Å². The van der Waals surface area contributed by atoms with Crippen LogP contribution in [0.15, 0.2) is 0 Å². The molecule has 3 saturated carbocycles. The number of rotatable bonds is 2. The van der Waals surface area contributed by atoms with Gasteiger partial charge in [-0.2, -0.15) is 0 Å². The minimum Gasteiger partial charge on any atom is -0.375 e. The largest absolute Gasteiger partial charge is 0.375 e. The number of hydrogen-bond acceptors (Lipinski definition) is 2. The van der Waals surface area contributed by atoms with Crippen LogP contribution in [0.2, 0.25) is 0 Å². The van der Waals surface area contributed by atoms with E-state index >= 15 is 0 Å². The number of ether oxygens (including phenoxy) is 1. The molecule has 112 valence electrons. The molecule has 1 aliphatic heterocycles. The Morgan fingerprint density at radius 3 is 2.55 bits per heavy atom. The van der Waals surface area contributed by atoms with Crippen LogP contribution in [0.1, 0.15) is 70.6 Å². The molecule has 0 aromatic carbocycles. The normalized spacial score (nSPS) is 43.0. The van der Waals surface area contributed by atoms with Crippen molar-refractivity contribution in [3.63, 3.8) is 0 Å². The lowest BCUT2D eigenvalue weighted by Crippen LogP contribution is -2.44. The number of hydrogen-bond donors (Lipinski definition) is 0. The van der Waals surface area contributed by atoms with Gasteiger partial charge in [0, 0.05) is 18.4 Å². The standard InChI is InChI=1S/C18H28O2/c19-17(16-11-13-4-5-14(16)10-13)15-6-9-20-18(12-15)7-2-1-3-8-18/h13-16H,1-12H2. The van der Waals surface area contributed by atoms with Crippen LogP contribution in [0.5, 0.6) is 0 Å². The highest BCUT2D eigenvalue weighted by molar-refractivity contribution is 5.84. The Morgan fingerprint density at radius 1 is 1.00 bits per heavy atom. The van der Waals surface area contributed by atoms with Gasteiger partial charge in [-0.1, -0.05) is 25.7 Å². The lowest BCUT2D eigenvalue weighted by molar-refractivity contribution is -0.147. The van der Waals surface area contributed by atoms with Crippen LogP contribution in [0.4, 0.5) is 0 Å². The molecule has 4 unspecified atom stereocenters. The number of Topliss-reactive ketones (excluding diaryl/α,β-unsaturated/α-hetero) is 1. The summed E-state index contributed by atoms with van der Waals surface area (Å²) in [7, 11) is 0. The molecule has 4 atom stereocenters. The summed E-state index contributed by atoms with van der Waals surface area (Å²) in [6.07, 6.45) is 13.7. The van der Waals surface area contributed by atoms with Crippen LogP contribution in [-0.4, -0.2) is 18.0 Å². The van der Waals surface area contributed by atoms with E-state index in [-0.39, 0.29) is 5.60 Å². The average Bonchev–Trinajstić information content (AvgIpc) is 3.10. The Hall–Kier alpha value is -0.370. The topological polar surface area (TPSA) is 26.3 Å². The van der Waals surface area contributed by atoms with Gasteiger partial charge in [0.05, 0.1) is 5.60 Å². The fourth-order valence-electron chi connectivity index (χ4n) is 5.71. The molecule has 3 aliphatic carbocycles. The molecule has 4 fully saturated rings. The Morgan fingerprint density at radius 2 is 1.85 bits per heavy atom. The Labute approximate surface area is 122 Å². The molecular weight excluding hydrogens is 248 g/mol. The lowest BCUT2D eigenvalue weighted by atomic mass is 9.71. The molecule has 2 nitrogen and oxygen atoms in total. The smallest absolute Gasteiger partial charge is 0.139 e. The quantitative estimate of drug-likeness (QED) is 0.758. The first kappa shape index (κ1) is 13.3. The van der Waals surface area contributed by atoms with E-state index in [0.29, 0.717) is 17.6 Å². The summed E-state index contributed by atoms with van der Waals surface area (Å²) in [5.74, 6) is 3.02. The molecule has 1 spiro atoms. The van der Waals surface area contributed by atoms with E-state index in [1.165, 1.54) is 57.8 Å². The molecule has 0 N–H and O–H groups in total. The minimum absolute atomic E-state index is 0.0917. The van der Waals surface area contributed by atoms with E-state index in [1.54, 1.807) is 0 Å². The molecule has 20 heavy (non-hydrogen) atoms. The summed E-state index contributed by atoms with van der Waals surface area (Å²) in [6, 6.07) is 0. The molecule has 0 amide bonds. The van der Waals surface area contributed by atoms with E-state index in [0.717, 1.165) is 31.3 Å². The monoisotopic (exact) mass is 276 g/mol. The van der Waals surface area contributed by atoms with Crippen molar-refractivity contribution in [1.29, 1.82) is 0 Å². The van der Waals surface area contributed by atoms with Gasteiger partial charge in [0.1, 0.15) is 5.78 Å². The van der Waals surface area contributed by atoms with Gasteiger partial charge in [0.25, 0.3) is 0 Å². The zero-order valence-corrected chi connectivity index (χ0v) is 12.6. The summed E-state index contributed by atoms with van der Waals surface area (Å²) in [5.41, 5.74) is 0.0917. The molecule has 2 bridgehead atoms. The minimum atomic E-state index is 0.0917. The van der Waals surface area contributed by atoms with Crippen molar-refractivity contribution >= 4 is 5.78 Å². The van der Waals surface area contributed by atoms with E-state index < -0.39 is 0 Å². The number of ketones is 1. The maximum Gasteiger partial charge on any atom is 0.139 e. The molecule has 1 saturated heterocycles. The van der Waals surface area contributed by atoms with Crippen LogP contribution in [0, 0.1) is 23.7 Å². The molecule has 4 aliphatic rings. The zero-order valence-electron chi connectivity index (χ0n) is 12.6. The molecule has 1 heterocycles. The van der Waals surface area contributed by atoms with Crippen molar-refractivity contribution in [2.24, 2.45) is 23.7 Å². The first-order chi connectivity index (χ1) is 9.76. The van der Waals surface area contributed by atoms with Crippen molar-refractivity contribution in [2.75, 3.05) is 6.61 Å². The van der Waals surface area contributed by atoms with Gasteiger partial charge in [0.15, 0.2) is 0 Å². The summed E-state index contributed by atoms with van der Waals surface area (Å²) >= 11 is 0. The first-order valence-corrected chi connectivity index (χ1v) is 8.93. The fourth-order valence-corrected chi connectivity index (χ4v) is 5.71. The Bertz CT molecular complexity index is 377. The van der Waals surface area contributed by atoms with E-state index in [2.05, 4.69) is 0 Å². The molecule has 0 aromatic rings.